The molecular weight excluding hydrogens is 418 g/mol. The van der Waals surface area contributed by atoms with Gasteiger partial charge in [-0.3, -0.25) is 5.41 Å². The van der Waals surface area contributed by atoms with Crippen LogP contribution in [-0.4, -0.2) is 32.0 Å². The first kappa shape index (κ1) is 22.3. The average Bonchev–Trinajstić information content (AvgIpc) is 2.84. The molecule has 4 rings (SSSR count). The number of aromatic nitrogens is 1. The Morgan fingerprint density at radius 2 is 1.61 bits per heavy atom. The van der Waals surface area contributed by atoms with Crippen molar-refractivity contribution in [3.05, 3.63) is 53.0 Å². The first-order chi connectivity index (χ1) is 16.1. The average molecular weight is 446 g/mol. The molecule has 3 aromatic rings. The maximum Gasteiger partial charge on any atom is 0.161 e. The zero-order valence-corrected chi connectivity index (χ0v) is 19.3. The van der Waals surface area contributed by atoms with Crippen molar-refractivity contribution in [3.8, 4) is 51.5 Å². The fourth-order valence-corrected chi connectivity index (χ4v) is 4.28. The normalized spacial score (nSPS) is 11.7. The number of methoxy groups -OCH3 is 2. The molecule has 1 aliphatic heterocycles. The fourth-order valence-electron chi connectivity index (χ4n) is 4.28. The number of nitrogens with one attached hydrogen (secondary N) is 1. The third-order valence-corrected chi connectivity index (χ3v) is 5.80. The van der Waals surface area contributed by atoms with Crippen LogP contribution < -0.4 is 24.4 Å². The van der Waals surface area contributed by atoms with Gasteiger partial charge < -0.3 is 23.5 Å². The van der Waals surface area contributed by atoms with Crippen LogP contribution in [0.3, 0.4) is 0 Å². The Hall–Kier alpha value is -3.92. The molecule has 0 amide bonds. The molecule has 7 heteroatoms. The van der Waals surface area contributed by atoms with Gasteiger partial charge in [0.25, 0.3) is 0 Å². The van der Waals surface area contributed by atoms with Crippen LogP contribution in [0.4, 0.5) is 0 Å². The maximum absolute atomic E-state index is 9.94. The molecule has 0 atom stereocenters. The second-order valence-corrected chi connectivity index (χ2v) is 7.57. The van der Waals surface area contributed by atoms with Crippen molar-refractivity contribution in [2.24, 2.45) is 0 Å². The molecule has 33 heavy (non-hydrogen) atoms. The summed E-state index contributed by atoms with van der Waals surface area (Å²) in [6.45, 7) is 5.47. The molecule has 0 saturated heterocycles. The number of aryl methyl sites for hydroxylation is 1. The summed E-state index contributed by atoms with van der Waals surface area (Å²) >= 11 is 0. The van der Waals surface area contributed by atoms with Crippen LogP contribution in [0.2, 0.25) is 0 Å². The van der Waals surface area contributed by atoms with Gasteiger partial charge >= 0.3 is 0 Å². The quantitative estimate of drug-likeness (QED) is 0.577. The smallest absolute Gasteiger partial charge is 0.161 e. The molecule has 1 aromatic heterocycles. The molecule has 1 aliphatic rings. The van der Waals surface area contributed by atoms with Gasteiger partial charge in [-0.1, -0.05) is 6.07 Å². The van der Waals surface area contributed by atoms with E-state index in [0.29, 0.717) is 53.9 Å². The van der Waals surface area contributed by atoms with Gasteiger partial charge in [-0.2, -0.15) is 5.26 Å². The Morgan fingerprint density at radius 1 is 0.909 bits per heavy atom. The highest BCUT2D eigenvalue weighted by Crippen LogP contribution is 2.40. The summed E-state index contributed by atoms with van der Waals surface area (Å²) in [6.07, 6.45) is 0.737. The molecule has 170 valence electrons. The Kier molecular flexibility index (Phi) is 6.27. The van der Waals surface area contributed by atoms with Crippen LogP contribution in [0.1, 0.15) is 25.0 Å². The predicted molar refractivity (Wildman–Crippen MR) is 125 cm³/mol. The first-order valence-electron chi connectivity index (χ1n) is 10.9. The van der Waals surface area contributed by atoms with E-state index in [2.05, 4.69) is 6.07 Å². The molecule has 0 spiro atoms. The Bertz CT molecular complexity index is 1300. The van der Waals surface area contributed by atoms with E-state index in [9.17, 15) is 5.26 Å². The lowest BCUT2D eigenvalue weighted by Gasteiger charge is -2.25. The molecule has 2 heterocycles. The minimum Gasteiger partial charge on any atom is -0.493 e. The van der Waals surface area contributed by atoms with Gasteiger partial charge in [0, 0.05) is 17.7 Å². The summed E-state index contributed by atoms with van der Waals surface area (Å²) in [6, 6.07) is 13.8. The standard InChI is InChI=1S/C26H27N3O4/c1-5-32-22-8-7-16(12-25(22)33-6-2)18-13-21-19-14-24(31-4)23(30-3)11-17(19)9-10-29(21)26(28)20(18)15-27/h7-8,11-14,28H,5-6,9-10H2,1-4H3. The molecule has 1 N–H and O–H groups in total. The molecule has 7 nitrogen and oxygen atoms in total. The number of ether oxygens (including phenoxy) is 4. The van der Waals surface area contributed by atoms with E-state index in [-0.39, 0.29) is 5.49 Å². The van der Waals surface area contributed by atoms with E-state index < -0.39 is 0 Å². The molecule has 0 fully saturated rings. The topological polar surface area (TPSA) is 89.5 Å². The summed E-state index contributed by atoms with van der Waals surface area (Å²) < 4.78 is 24.4. The molecule has 0 bridgehead atoms. The number of nitrogens with zero attached hydrogens (tertiary/aromatic N) is 2. The van der Waals surface area contributed by atoms with Gasteiger partial charge in [0.05, 0.1) is 33.1 Å². The second kappa shape index (κ2) is 9.29. The Morgan fingerprint density at radius 3 is 2.27 bits per heavy atom. The Labute approximate surface area is 193 Å². The SMILES string of the molecule is CCOc1ccc(-c2cc3n(c(=N)c2C#N)CCc2cc(OC)c(OC)cc2-3)cc1OCC. The number of hydrogen-bond acceptors (Lipinski definition) is 6. The molecular formula is C26H27N3O4. The van der Waals surface area contributed by atoms with E-state index in [1.165, 1.54) is 0 Å². The third kappa shape index (κ3) is 3.89. The summed E-state index contributed by atoms with van der Waals surface area (Å²) in [5, 5.41) is 18.7. The highest BCUT2D eigenvalue weighted by Gasteiger charge is 2.23. The van der Waals surface area contributed by atoms with Crippen LogP contribution in [-0.2, 0) is 13.0 Å². The molecule has 0 aliphatic carbocycles. The van der Waals surface area contributed by atoms with Crippen LogP contribution in [0.25, 0.3) is 22.4 Å². The van der Waals surface area contributed by atoms with Gasteiger partial charge in [0.1, 0.15) is 17.1 Å². The van der Waals surface area contributed by atoms with Gasteiger partial charge in [-0.25, -0.2) is 0 Å². The number of hydrogen-bond donors (Lipinski definition) is 1. The lowest BCUT2D eigenvalue weighted by atomic mass is 9.92. The van der Waals surface area contributed by atoms with Crippen molar-refractivity contribution in [1.82, 2.24) is 4.57 Å². The minimum atomic E-state index is 0.192. The predicted octanol–water partition coefficient (Wildman–Crippen LogP) is 4.54. The van der Waals surface area contributed by atoms with E-state index in [1.807, 2.05) is 54.8 Å². The van der Waals surface area contributed by atoms with Crippen LogP contribution in [0.15, 0.2) is 36.4 Å². The summed E-state index contributed by atoms with van der Waals surface area (Å²) in [5.41, 5.74) is 4.94. The van der Waals surface area contributed by atoms with Gasteiger partial charge in [-0.05, 0) is 61.7 Å². The summed E-state index contributed by atoms with van der Waals surface area (Å²) in [7, 11) is 3.23. The molecule has 0 radical (unpaired) electrons. The zero-order valence-electron chi connectivity index (χ0n) is 19.3. The lowest BCUT2D eigenvalue weighted by molar-refractivity contribution is 0.288. The van der Waals surface area contributed by atoms with Crippen molar-refractivity contribution >= 4 is 0 Å². The second-order valence-electron chi connectivity index (χ2n) is 7.57. The van der Waals surface area contributed by atoms with Gasteiger partial charge in [-0.15, -0.1) is 0 Å². The van der Waals surface area contributed by atoms with Crippen LogP contribution in [0.5, 0.6) is 23.0 Å². The summed E-state index contributed by atoms with van der Waals surface area (Å²) in [4.78, 5) is 0. The monoisotopic (exact) mass is 445 g/mol. The maximum atomic E-state index is 9.94. The number of rotatable bonds is 7. The van der Waals surface area contributed by atoms with Crippen molar-refractivity contribution in [3.63, 3.8) is 0 Å². The van der Waals surface area contributed by atoms with E-state index >= 15 is 0 Å². The Balaban J connectivity index is 1.95. The zero-order chi connectivity index (χ0) is 23.5. The number of fused-ring (bicyclic) bond motifs is 3. The van der Waals surface area contributed by atoms with Crippen LogP contribution in [0, 0.1) is 16.7 Å². The van der Waals surface area contributed by atoms with E-state index in [0.717, 1.165) is 28.8 Å². The van der Waals surface area contributed by atoms with Crippen molar-refractivity contribution in [1.29, 1.82) is 10.7 Å². The fraction of sp³-hybridized carbons (Fsp3) is 0.308. The van der Waals surface area contributed by atoms with Crippen molar-refractivity contribution in [2.45, 2.75) is 26.8 Å². The van der Waals surface area contributed by atoms with E-state index in [4.69, 9.17) is 24.4 Å². The van der Waals surface area contributed by atoms with Gasteiger partial charge in [0.2, 0.25) is 0 Å². The van der Waals surface area contributed by atoms with E-state index in [1.54, 1.807) is 14.2 Å². The summed E-state index contributed by atoms with van der Waals surface area (Å²) in [5.74, 6) is 2.58. The van der Waals surface area contributed by atoms with Crippen molar-refractivity contribution < 1.29 is 18.9 Å². The number of pyridine rings is 1. The highest BCUT2D eigenvalue weighted by molar-refractivity contribution is 5.79. The third-order valence-electron chi connectivity index (χ3n) is 5.80. The lowest BCUT2D eigenvalue weighted by Crippen LogP contribution is -2.28. The molecule has 0 unspecified atom stereocenters. The largest absolute Gasteiger partial charge is 0.493 e. The van der Waals surface area contributed by atoms with Gasteiger partial charge in [0.15, 0.2) is 23.0 Å². The number of nitriles is 1. The van der Waals surface area contributed by atoms with Crippen LogP contribution >= 0.6 is 0 Å². The number of benzene rings is 2. The van der Waals surface area contributed by atoms with Crippen molar-refractivity contribution in [2.75, 3.05) is 27.4 Å². The molecule has 2 aromatic carbocycles. The first-order valence-corrected chi connectivity index (χ1v) is 10.9. The highest BCUT2D eigenvalue weighted by atomic mass is 16.5. The molecule has 0 saturated carbocycles. The minimum absolute atomic E-state index is 0.192.